The van der Waals surface area contributed by atoms with E-state index in [2.05, 4.69) is 37.3 Å². The highest BCUT2D eigenvalue weighted by Gasteiger charge is 1.88. The Hall–Kier alpha value is 1.01. The van der Waals surface area contributed by atoms with Gasteiger partial charge in [0.15, 0.2) is 0 Å². The minimum atomic E-state index is -3.72. The molecule has 0 aliphatic carbocycles. The summed E-state index contributed by atoms with van der Waals surface area (Å²) in [6.07, 6.45) is 0. The zero-order chi connectivity index (χ0) is 7.21. The first-order chi connectivity index (χ1) is 3.41. The number of rotatable bonds is 0. The van der Waals surface area contributed by atoms with Crippen molar-refractivity contribution in [1.29, 1.82) is 0 Å². The molecular formula is C2H5BrCl2O2S. The highest BCUT2D eigenvalue weighted by molar-refractivity contribution is 9.09. The van der Waals surface area contributed by atoms with Gasteiger partial charge in [0.05, 0.1) is 0 Å². The van der Waals surface area contributed by atoms with Gasteiger partial charge in [-0.15, -0.1) is 0 Å². The largest absolute Gasteiger partial charge is 0.317 e. The van der Waals surface area contributed by atoms with E-state index in [1.165, 1.54) is 0 Å². The van der Waals surface area contributed by atoms with E-state index in [1.807, 2.05) is 6.92 Å². The predicted octanol–water partition coefficient (Wildman–Crippen LogP) is 2.11. The molecule has 6 heteroatoms. The standard InChI is InChI=1S/C2H5Br.Cl2O2S/c1-2-3;1-5(2,3)4/h2H2,1H3;. The summed E-state index contributed by atoms with van der Waals surface area (Å²) in [6.45, 7) is 2.04. The Labute approximate surface area is 66.2 Å². The summed E-state index contributed by atoms with van der Waals surface area (Å²) in [6, 6.07) is 0. The molecule has 0 aromatic rings. The van der Waals surface area contributed by atoms with Crippen molar-refractivity contribution in [3.05, 3.63) is 0 Å². The van der Waals surface area contributed by atoms with Gasteiger partial charge >= 0.3 is 8.26 Å². The number of hydrogen-bond donors (Lipinski definition) is 0. The molecule has 0 amide bonds. The van der Waals surface area contributed by atoms with Gasteiger partial charge in [-0.2, -0.15) is 8.42 Å². The zero-order valence-corrected chi connectivity index (χ0v) is 7.98. The number of alkyl halides is 1. The molecule has 0 bridgehead atoms. The summed E-state index contributed by atoms with van der Waals surface area (Å²) in [5.74, 6) is 0. The zero-order valence-electron chi connectivity index (χ0n) is 4.07. The van der Waals surface area contributed by atoms with Crippen LogP contribution in [0, 0.1) is 0 Å². The molecule has 0 rings (SSSR count). The second-order valence-electron chi connectivity index (χ2n) is 0.646. The normalized spacial score (nSPS) is 9.50. The van der Waals surface area contributed by atoms with Crippen LogP contribution in [-0.2, 0) is 8.26 Å². The lowest BCUT2D eigenvalue weighted by Gasteiger charge is -1.61. The first-order valence-electron chi connectivity index (χ1n) is 1.62. The molecule has 0 saturated heterocycles. The van der Waals surface area contributed by atoms with E-state index in [1.54, 1.807) is 0 Å². The molecule has 0 aliphatic heterocycles. The van der Waals surface area contributed by atoms with E-state index in [9.17, 15) is 0 Å². The molecule has 0 aromatic heterocycles. The maximum atomic E-state index is 9.16. The highest BCUT2D eigenvalue weighted by Crippen LogP contribution is 1.98. The van der Waals surface area contributed by atoms with Gasteiger partial charge < -0.3 is 0 Å². The summed E-state index contributed by atoms with van der Waals surface area (Å²) >= 11 is 3.15. The van der Waals surface area contributed by atoms with Gasteiger partial charge in [0, 0.05) is 26.7 Å². The third-order valence-corrected chi connectivity index (χ3v) is 0. The van der Waals surface area contributed by atoms with E-state index >= 15 is 0 Å². The maximum Gasteiger partial charge on any atom is 0.317 e. The van der Waals surface area contributed by atoms with Crippen molar-refractivity contribution in [2.45, 2.75) is 6.92 Å². The first-order valence-corrected chi connectivity index (χ1v) is 5.87. The van der Waals surface area contributed by atoms with Crippen LogP contribution in [0.1, 0.15) is 6.92 Å². The van der Waals surface area contributed by atoms with E-state index in [-0.39, 0.29) is 0 Å². The predicted molar refractivity (Wildman–Crippen MR) is 40.1 cm³/mol. The average Bonchev–Trinajstić information content (AvgIpc) is 1.27. The summed E-state index contributed by atoms with van der Waals surface area (Å²) in [7, 11) is 4.81. The van der Waals surface area contributed by atoms with E-state index in [4.69, 9.17) is 8.42 Å². The molecule has 0 radical (unpaired) electrons. The molecule has 0 aliphatic rings. The van der Waals surface area contributed by atoms with Crippen LogP contribution in [0.25, 0.3) is 0 Å². The van der Waals surface area contributed by atoms with Crippen LogP contribution >= 0.6 is 37.3 Å². The summed E-state index contributed by atoms with van der Waals surface area (Å²) in [5, 5.41) is 1.06. The fourth-order valence-corrected chi connectivity index (χ4v) is 0. The molecule has 0 spiro atoms. The van der Waals surface area contributed by atoms with Crippen molar-refractivity contribution < 1.29 is 8.42 Å². The van der Waals surface area contributed by atoms with Gasteiger partial charge in [-0.25, -0.2) is 0 Å². The van der Waals surface area contributed by atoms with Gasteiger partial charge in [0.2, 0.25) is 0 Å². The first kappa shape index (κ1) is 11.8. The van der Waals surface area contributed by atoms with Gasteiger partial charge in [-0.05, 0) is 0 Å². The molecule has 0 aromatic carbocycles. The van der Waals surface area contributed by atoms with Crippen molar-refractivity contribution in [3.8, 4) is 0 Å². The Morgan fingerprint density at radius 2 is 1.50 bits per heavy atom. The third kappa shape index (κ3) is 248. The fourth-order valence-electron chi connectivity index (χ4n) is 0. The average molecular weight is 244 g/mol. The Bertz CT molecular complexity index is 112. The van der Waals surface area contributed by atoms with E-state index in [0.29, 0.717) is 0 Å². The van der Waals surface area contributed by atoms with Crippen LogP contribution in [0.3, 0.4) is 0 Å². The SMILES string of the molecule is CCBr.O=S(=O)(Cl)Cl. The quantitative estimate of drug-likeness (QED) is 0.483. The molecule has 8 heavy (non-hydrogen) atoms. The van der Waals surface area contributed by atoms with Crippen LogP contribution in [0.5, 0.6) is 0 Å². The van der Waals surface area contributed by atoms with E-state index < -0.39 is 8.26 Å². The van der Waals surface area contributed by atoms with Crippen molar-refractivity contribution in [1.82, 2.24) is 0 Å². The topological polar surface area (TPSA) is 34.1 Å². The van der Waals surface area contributed by atoms with Crippen LogP contribution in [0.2, 0.25) is 0 Å². The van der Waals surface area contributed by atoms with Crippen LogP contribution in [-0.4, -0.2) is 13.7 Å². The molecule has 0 atom stereocenters. The van der Waals surface area contributed by atoms with Crippen molar-refractivity contribution in [3.63, 3.8) is 0 Å². The van der Waals surface area contributed by atoms with Crippen molar-refractivity contribution in [2.24, 2.45) is 0 Å². The number of halogens is 3. The fraction of sp³-hybridized carbons (Fsp3) is 1.00. The second-order valence-corrected chi connectivity index (χ2v) is 5.44. The van der Waals surface area contributed by atoms with Gasteiger partial charge in [-0.3, -0.25) is 0 Å². The lowest BCUT2D eigenvalue weighted by atomic mass is 11.0. The minimum Gasteiger partial charge on any atom is -0.195 e. The van der Waals surface area contributed by atoms with Gasteiger partial charge in [0.25, 0.3) is 0 Å². The highest BCUT2D eigenvalue weighted by atomic mass is 79.9. The van der Waals surface area contributed by atoms with Crippen LogP contribution in [0.15, 0.2) is 0 Å². The molecule has 0 N–H and O–H groups in total. The molecule has 0 saturated carbocycles. The minimum absolute atomic E-state index is 1.06. The second kappa shape index (κ2) is 6.13. The molecule has 0 heterocycles. The molecule has 2 nitrogen and oxygen atoms in total. The molecule has 52 valence electrons. The number of hydrogen-bond acceptors (Lipinski definition) is 2. The maximum absolute atomic E-state index is 9.16. The summed E-state index contributed by atoms with van der Waals surface area (Å²) in [4.78, 5) is 0. The third-order valence-electron chi connectivity index (χ3n) is 0. The van der Waals surface area contributed by atoms with Gasteiger partial charge in [-0.1, -0.05) is 22.9 Å². The van der Waals surface area contributed by atoms with E-state index in [0.717, 1.165) is 5.33 Å². The van der Waals surface area contributed by atoms with Gasteiger partial charge in [0.1, 0.15) is 0 Å². The lowest BCUT2D eigenvalue weighted by molar-refractivity contribution is 0.621. The smallest absolute Gasteiger partial charge is 0.195 e. The summed E-state index contributed by atoms with van der Waals surface area (Å²) < 4.78 is 18.3. The van der Waals surface area contributed by atoms with Crippen molar-refractivity contribution >= 4 is 45.6 Å². The Balaban J connectivity index is 0. The Morgan fingerprint density at radius 1 is 1.50 bits per heavy atom. The molecule has 0 unspecified atom stereocenters. The monoisotopic (exact) mass is 242 g/mol. The summed E-state index contributed by atoms with van der Waals surface area (Å²) in [5.41, 5.74) is 0. The van der Waals surface area contributed by atoms with Crippen molar-refractivity contribution in [2.75, 3.05) is 5.33 Å². The van der Waals surface area contributed by atoms with Crippen LogP contribution in [0.4, 0.5) is 0 Å². The van der Waals surface area contributed by atoms with Crippen LogP contribution < -0.4 is 0 Å². The molecular weight excluding hydrogens is 239 g/mol. The lowest BCUT2D eigenvalue weighted by Crippen LogP contribution is -1.63. The molecule has 0 fully saturated rings. The Morgan fingerprint density at radius 3 is 1.50 bits per heavy atom. The Kier molecular flexibility index (Phi) is 9.02.